The average Bonchev–Trinajstić information content (AvgIpc) is 1.81. The minimum absolute atomic E-state index is 0.0147. The van der Waals surface area contributed by atoms with Crippen LogP contribution in [0.25, 0.3) is 0 Å². The van der Waals surface area contributed by atoms with E-state index in [1.807, 2.05) is 13.8 Å². The largest absolute Gasteiger partial charge is 0.392 e. The lowest BCUT2D eigenvalue weighted by molar-refractivity contribution is -0.131. The Morgan fingerprint density at radius 3 is 2.00 bits per heavy atom. The first-order chi connectivity index (χ1) is 4.95. The van der Waals surface area contributed by atoms with Crippen molar-refractivity contribution in [3.05, 3.63) is 0 Å². The molecule has 3 nitrogen and oxygen atoms in total. The Balaban J connectivity index is 4.01. The lowest BCUT2D eigenvalue weighted by Gasteiger charge is -2.26. The summed E-state index contributed by atoms with van der Waals surface area (Å²) in [5.41, 5.74) is 0. The van der Waals surface area contributed by atoms with Crippen molar-refractivity contribution >= 4 is 5.91 Å². The number of aliphatic hydroxyl groups excluding tert-OH is 1. The van der Waals surface area contributed by atoms with Crippen LogP contribution in [0.4, 0.5) is 0 Å². The van der Waals surface area contributed by atoms with Gasteiger partial charge in [-0.25, -0.2) is 0 Å². The van der Waals surface area contributed by atoms with Gasteiger partial charge in [0.1, 0.15) is 0 Å². The second kappa shape index (κ2) is 4.34. The van der Waals surface area contributed by atoms with Gasteiger partial charge in [0.15, 0.2) is 0 Å². The zero-order valence-electron chi connectivity index (χ0n) is 7.66. The van der Waals surface area contributed by atoms with E-state index in [1.165, 1.54) is 6.92 Å². The summed E-state index contributed by atoms with van der Waals surface area (Å²) < 4.78 is 0. The molecule has 0 aliphatic rings. The number of aliphatic hydroxyl groups is 1. The number of carbonyl (C=O) groups is 1. The third kappa shape index (κ3) is 3.98. The number of rotatable bonds is 3. The van der Waals surface area contributed by atoms with Crippen LogP contribution >= 0.6 is 0 Å². The Kier molecular flexibility index (Phi) is 4.11. The van der Waals surface area contributed by atoms with Gasteiger partial charge in [0.2, 0.25) is 5.91 Å². The van der Waals surface area contributed by atoms with Crippen molar-refractivity contribution in [3.8, 4) is 0 Å². The van der Waals surface area contributed by atoms with Gasteiger partial charge in [0.05, 0.1) is 6.10 Å². The quantitative estimate of drug-likeness (QED) is 0.656. The maximum Gasteiger partial charge on any atom is 0.219 e. The summed E-state index contributed by atoms with van der Waals surface area (Å²) in [6.07, 6.45) is -0.443. The summed E-state index contributed by atoms with van der Waals surface area (Å²) in [7, 11) is 0. The van der Waals surface area contributed by atoms with Crippen molar-refractivity contribution in [1.29, 1.82) is 0 Å². The van der Waals surface area contributed by atoms with E-state index >= 15 is 0 Å². The normalized spacial score (nSPS) is 13.3. The van der Waals surface area contributed by atoms with Crippen molar-refractivity contribution in [1.82, 2.24) is 4.90 Å². The summed E-state index contributed by atoms with van der Waals surface area (Å²) in [4.78, 5) is 12.6. The van der Waals surface area contributed by atoms with Crippen molar-refractivity contribution in [2.24, 2.45) is 0 Å². The van der Waals surface area contributed by atoms with Crippen molar-refractivity contribution in [2.75, 3.05) is 6.54 Å². The third-order valence-electron chi connectivity index (χ3n) is 1.49. The van der Waals surface area contributed by atoms with Gasteiger partial charge in [-0.1, -0.05) is 0 Å². The van der Waals surface area contributed by atoms with Gasteiger partial charge < -0.3 is 10.0 Å². The predicted octanol–water partition coefficient (Wildman–Crippen LogP) is 0.624. The smallest absolute Gasteiger partial charge is 0.219 e. The number of nitrogens with zero attached hydrogens (tertiary/aromatic N) is 1. The Hall–Kier alpha value is -0.570. The van der Waals surface area contributed by atoms with Crippen molar-refractivity contribution < 1.29 is 9.90 Å². The fourth-order valence-electron chi connectivity index (χ4n) is 0.988. The maximum absolute atomic E-state index is 10.9. The van der Waals surface area contributed by atoms with Crippen LogP contribution in [0, 0.1) is 0 Å². The molecule has 0 radical (unpaired) electrons. The third-order valence-corrected chi connectivity index (χ3v) is 1.49. The van der Waals surface area contributed by atoms with E-state index in [9.17, 15) is 4.79 Å². The predicted molar refractivity (Wildman–Crippen MR) is 44.2 cm³/mol. The molecule has 0 spiro atoms. The lowest BCUT2D eigenvalue weighted by atomic mass is 10.2. The molecule has 1 amide bonds. The van der Waals surface area contributed by atoms with Gasteiger partial charge in [-0.05, 0) is 20.8 Å². The zero-order valence-corrected chi connectivity index (χ0v) is 7.66. The van der Waals surface area contributed by atoms with Crippen LogP contribution < -0.4 is 0 Å². The summed E-state index contributed by atoms with van der Waals surface area (Å²) in [5.74, 6) is 0.0147. The molecule has 66 valence electrons. The zero-order chi connectivity index (χ0) is 9.02. The standard InChI is InChI=1S/C8H17NO2/c1-6(2)9(8(4)11)5-7(3)10/h6-7,10H,5H2,1-4H3/t7-/m0/s1. The van der Waals surface area contributed by atoms with E-state index in [2.05, 4.69) is 0 Å². The van der Waals surface area contributed by atoms with E-state index in [0.717, 1.165) is 0 Å². The molecule has 0 bridgehead atoms. The summed E-state index contributed by atoms with van der Waals surface area (Å²) in [6.45, 7) is 7.49. The molecule has 1 N–H and O–H groups in total. The summed E-state index contributed by atoms with van der Waals surface area (Å²) >= 11 is 0. The van der Waals surface area contributed by atoms with Gasteiger partial charge in [-0.3, -0.25) is 4.79 Å². The monoisotopic (exact) mass is 159 g/mol. The van der Waals surface area contributed by atoms with Crippen LogP contribution in [0.1, 0.15) is 27.7 Å². The SMILES string of the molecule is CC(=O)N(C[C@H](C)O)C(C)C. The first kappa shape index (κ1) is 10.4. The molecule has 0 aliphatic carbocycles. The highest BCUT2D eigenvalue weighted by atomic mass is 16.3. The molecule has 0 aromatic rings. The molecule has 0 aromatic heterocycles. The van der Waals surface area contributed by atoms with E-state index in [0.29, 0.717) is 6.54 Å². The molecule has 0 fully saturated rings. The highest BCUT2D eigenvalue weighted by molar-refractivity contribution is 5.73. The lowest BCUT2D eigenvalue weighted by Crippen LogP contribution is -2.39. The number of amides is 1. The Morgan fingerprint density at radius 2 is 1.91 bits per heavy atom. The minimum atomic E-state index is -0.443. The van der Waals surface area contributed by atoms with E-state index in [1.54, 1.807) is 11.8 Å². The second-order valence-electron chi connectivity index (χ2n) is 3.11. The molecular weight excluding hydrogens is 142 g/mol. The number of hydrogen-bond acceptors (Lipinski definition) is 2. The van der Waals surface area contributed by atoms with Gasteiger partial charge in [0.25, 0.3) is 0 Å². The van der Waals surface area contributed by atoms with Gasteiger partial charge >= 0.3 is 0 Å². The topological polar surface area (TPSA) is 40.5 Å². The molecule has 3 heteroatoms. The van der Waals surface area contributed by atoms with Crippen LogP contribution in [0.5, 0.6) is 0 Å². The van der Waals surface area contributed by atoms with E-state index in [4.69, 9.17) is 5.11 Å². The summed E-state index contributed by atoms with van der Waals surface area (Å²) in [5, 5.41) is 9.03. The highest BCUT2D eigenvalue weighted by Crippen LogP contribution is 1.99. The van der Waals surface area contributed by atoms with Crippen molar-refractivity contribution in [3.63, 3.8) is 0 Å². The number of hydrogen-bond donors (Lipinski definition) is 1. The van der Waals surface area contributed by atoms with Gasteiger partial charge in [-0.15, -0.1) is 0 Å². The first-order valence-corrected chi connectivity index (χ1v) is 3.90. The van der Waals surface area contributed by atoms with Crippen LogP contribution in [-0.2, 0) is 4.79 Å². The van der Waals surface area contributed by atoms with Crippen LogP contribution in [-0.4, -0.2) is 34.6 Å². The van der Waals surface area contributed by atoms with Gasteiger partial charge in [-0.2, -0.15) is 0 Å². The number of carbonyl (C=O) groups excluding carboxylic acids is 1. The average molecular weight is 159 g/mol. The van der Waals surface area contributed by atoms with Crippen molar-refractivity contribution in [2.45, 2.75) is 39.8 Å². The molecule has 0 rings (SSSR count). The van der Waals surface area contributed by atoms with E-state index in [-0.39, 0.29) is 11.9 Å². The van der Waals surface area contributed by atoms with Crippen LogP contribution in [0.15, 0.2) is 0 Å². The molecule has 0 saturated carbocycles. The molecule has 11 heavy (non-hydrogen) atoms. The highest BCUT2D eigenvalue weighted by Gasteiger charge is 2.13. The maximum atomic E-state index is 10.9. The fourth-order valence-corrected chi connectivity index (χ4v) is 0.988. The molecule has 0 unspecified atom stereocenters. The molecule has 0 aromatic carbocycles. The van der Waals surface area contributed by atoms with Crippen LogP contribution in [0.2, 0.25) is 0 Å². The molecular formula is C8H17NO2. The summed E-state index contributed by atoms with van der Waals surface area (Å²) in [6, 6.07) is 0.169. The van der Waals surface area contributed by atoms with E-state index < -0.39 is 6.10 Å². The molecule has 1 atom stereocenters. The Morgan fingerprint density at radius 1 is 1.45 bits per heavy atom. The molecule has 0 saturated heterocycles. The molecule has 0 aliphatic heterocycles. The first-order valence-electron chi connectivity index (χ1n) is 3.90. The fraction of sp³-hybridized carbons (Fsp3) is 0.875. The Bertz CT molecular complexity index is 132. The minimum Gasteiger partial charge on any atom is -0.392 e. The van der Waals surface area contributed by atoms with Crippen LogP contribution in [0.3, 0.4) is 0 Å². The second-order valence-corrected chi connectivity index (χ2v) is 3.11. The molecule has 0 heterocycles. The van der Waals surface area contributed by atoms with Gasteiger partial charge in [0, 0.05) is 19.5 Å². The Labute approximate surface area is 68.0 Å².